The van der Waals surface area contributed by atoms with Crippen LogP contribution in [0.2, 0.25) is 0 Å². The molecule has 0 aliphatic heterocycles. The molecule has 0 fully saturated rings. The Kier molecular flexibility index (Phi) is 7.22. The van der Waals surface area contributed by atoms with Crippen molar-refractivity contribution < 1.29 is 23.8 Å². The molecule has 1 unspecified atom stereocenters. The smallest absolute Gasteiger partial charge is 0.356 e. The summed E-state index contributed by atoms with van der Waals surface area (Å²) in [6.07, 6.45) is 2.20. The van der Waals surface area contributed by atoms with Crippen LogP contribution in [0.3, 0.4) is 0 Å². The largest absolute Gasteiger partial charge is 0.461 e. The number of hydrogen-bond acceptors (Lipinski definition) is 6. The monoisotopic (exact) mass is 326 g/mol. The minimum absolute atomic E-state index is 0.216. The Balaban J connectivity index is 2.77. The summed E-state index contributed by atoms with van der Waals surface area (Å²) in [6.45, 7) is 7.83. The first-order chi connectivity index (χ1) is 10.8. The van der Waals surface area contributed by atoms with E-state index in [9.17, 15) is 9.59 Å². The van der Waals surface area contributed by atoms with Crippen molar-refractivity contribution in [2.24, 2.45) is 0 Å². The molecule has 0 spiro atoms. The molecule has 0 N–H and O–H groups in total. The predicted octanol–water partition coefficient (Wildman–Crippen LogP) is 2.37. The van der Waals surface area contributed by atoms with E-state index in [-0.39, 0.29) is 25.0 Å². The van der Waals surface area contributed by atoms with Gasteiger partial charge in [0.25, 0.3) is 0 Å². The van der Waals surface area contributed by atoms with Crippen molar-refractivity contribution in [2.45, 2.75) is 52.2 Å². The maximum absolute atomic E-state index is 11.9. The van der Waals surface area contributed by atoms with Gasteiger partial charge in [0.1, 0.15) is 11.3 Å². The van der Waals surface area contributed by atoms with Crippen molar-refractivity contribution in [1.29, 1.82) is 0 Å². The summed E-state index contributed by atoms with van der Waals surface area (Å²) in [5, 5.41) is 4.17. The number of aromatic nitrogens is 2. The first kappa shape index (κ1) is 19.2. The van der Waals surface area contributed by atoms with Crippen LogP contribution in [0.15, 0.2) is 12.3 Å². The van der Waals surface area contributed by atoms with Gasteiger partial charge in [0.2, 0.25) is 0 Å². The Morgan fingerprint density at radius 3 is 2.61 bits per heavy atom. The van der Waals surface area contributed by atoms with E-state index in [1.807, 2.05) is 20.8 Å². The number of methoxy groups -OCH3 is 1. The van der Waals surface area contributed by atoms with E-state index >= 15 is 0 Å². The Morgan fingerprint density at radius 2 is 2.04 bits per heavy atom. The van der Waals surface area contributed by atoms with Gasteiger partial charge in [-0.2, -0.15) is 5.10 Å². The molecule has 23 heavy (non-hydrogen) atoms. The van der Waals surface area contributed by atoms with Crippen molar-refractivity contribution in [1.82, 2.24) is 9.78 Å². The Morgan fingerprint density at radius 1 is 1.35 bits per heavy atom. The van der Waals surface area contributed by atoms with Crippen molar-refractivity contribution in [3.05, 3.63) is 18.0 Å². The number of carbonyl (C=O) groups excluding carboxylic acids is 2. The zero-order valence-corrected chi connectivity index (χ0v) is 14.5. The SMILES string of the molecule is CCOC(=O)c1ccnn1C(CCC(=O)OC(C)(C)C)COC. The summed E-state index contributed by atoms with van der Waals surface area (Å²) in [4.78, 5) is 23.8. The molecule has 0 saturated carbocycles. The third kappa shape index (κ3) is 6.40. The molecule has 7 nitrogen and oxygen atoms in total. The highest BCUT2D eigenvalue weighted by Gasteiger charge is 2.23. The topological polar surface area (TPSA) is 79.7 Å². The molecule has 7 heteroatoms. The summed E-state index contributed by atoms with van der Waals surface area (Å²) < 4.78 is 17.1. The molecule has 1 atom stereocenters. The number of ether oxygens (including phenoxy) is 3. The van der Waals surface area contributed by atoms with Crippen molar-refractivity contribution in [3.8, 4) is 0 Å². The van der Waals surface area contributed by atoms with Gasteiger partial charge in [-0.05, 0) is 40.2 Å². The van der Waals surface area contributed by atoms with Gasteiger partial charge in [0, 0.05) is 19.7 Å². The maximum Gasteiger partial charge on any atom is 0.356 e. The normalized spacial score (nSPS) is 12.7. The molecule has 1 aromatic heterocycles. The minimum Gasteiger partial charge on any atom is -0.461 e. The van der Waals surface area contributed by atoms with E-state index < -0.39 is 11.6 Å². The average molecular weight is 326 g/mol. The first-order valence-electron chi connectivity index (χ1n) is 7.70. The third-order valence-corrected chi connectivity index (χ3v) is 2.96. The summed E-state index contributed by atoms with van der Waals surface area (Å²) in [5.74, 6) is -0.730. The van der Waals surface area contributed by atoms with Gasteiger partial charge in [-0.1, -0.05) is 0 Å². The zero-order chi connectivity index (χ0) is 17.5. The highest BCUT2D eigenvalue weighted by molar-refractivity contribution is 5.87. The summed E-state index contributed by atoms with van der Waals surface area (Å²) >= 11 is 0. The van der Waals surface area contributed by atoms with Crippen LogP contribution in [-0.4, -0.2) is 47.6 Å². The molecule has 0 aromatic carbocycles. The molecule has 0 aliphatic rings. The zero-order valence-electron chi connectivity index (χ0n) is 14.5. The van der Waals surface area contributed by atoms with E-state index in [4.69, 9.17) is 14.2 Å². The fourth-order valence-corrected chi connectivity index (χ4v) is 2.12. The number of hydrogen-bond donors (Lipinski definition) is 0. The Hall–Kier alpha value is -1.89. The number of esters is 2. The maximum atomic E-state index is 11.9. The van der Waals surface area contributed by atoms with E-state index in [1.165, 1.54) is 6.20 Å². The average Bonchev–Trinajstić information content (AvgIpc) is 2.91. The summed E-state index contributed by atoms with van der Waals surface area (Å²) in [6, 6.07) is 1.34. The Labute approximate surface area is 136 Å². The van der Waals surface area contributed by atoms with Crippen LogP contribution in [-0.2, 0) is 19.0 Å². The molecule has 0 saturated heterocycles. The van der Waals surface area contributed by atoms with Crippen molar-refractivity contribution in [3.63, 3.8) is 0 Å². The predicted molar refractivity (Wildman–Crippen MR) is 84.2 cm³/mol. The molecule has 130 valence electrons. The molecule has 0 aliphatic carbocycles. The number of carbonyl (C=O) groups is 2. The van der Waals surface area contributed by atoms with Gasteiger partial charge in [-0.15, -0.1) is 0 Å². The fourth-order valence-electron chi connectivity index (χ4n) is 2.12. The second kappa shape index (κ2) is 8.67. The van der Waals surface area contributed by atoms with Gasteiger partial charge >= 0.3 is 11.9 Å². The highest BCUT2D eigenvalue weighted by atomic mass is 16.6. The van der Waals surface area contributed by atoms with Crippen molar-refractivity contribution in [2.75, 3.05) is 20.3 Å². The second-order valence-electron chi connectivity index (χ2n) is 6.12. The van der Waals surface area contributed by atoms with E-state index in [2.05, 4.69) is 5.10 Å². The van der Waals surface area contributed by atoms with Crippen LogP contribution in [0, 0.1) is 0 Å². The minimum atomic E-state index is -0.518. The van der Waals surface area contributed by atoms with Gasteiger partial charge < -0.3 is 14.2 Å². The standard InChI is InChI=1S/C16H26N2O5/c1-6-22-15(20)13-9-10-17-18(13)12(11-21-5)7-8-14(19)23-16(2,3)4/h9-10,12H,6-8,11H2,1-5H3. The lowest BCUT2D eigenvalue weighted by Crippen LogP contribution is -2.26. The van der Waals surface area contributed by atoms with Crippen molar-refractivity contribution >= 4 is 11.9 Å². The van der Waals surface area contributed by atoms with E-state index in [0.717, 1.165) is 0 Å². The van der Waals surface area contributed by atoms with Crippen LogP contribution in [0.4, 0.5) is 0 Å². The lowest BCUT2D eigenvalue weighted by atomic mass is 10.1. The molecule has 0 bridgehead atoms. The summed E-state index contributed by atoms with van der Waals surface area (Å²) in [7, 11) is 1.56. The van der Waals surface area contributed by atoms with Gasteiger partial charge in [0.05, 0.1) is 19.3 Å². The van der Waals surface area contributed by atoms with Gasteiger partial charge in [-0.3, -0.25) is 9.48 Å². The number of nitrogens with zero attached hydrogens (tertiary/aromatic N) is 2. The van der Waals surface area contributed by atoms with E-state index in [1.54, 1.807) is 24.8 Å². The summed E-state index contributed by atoms with van der Waals surface area (Å²) in [5.41, 5.74) is -0.173. The fraction of sp³-hybridized carbons (Fsp3) is 0.688. The molecule has 0 radical (unpaired) electrons. The molecule has 0 amide bonds. The van der Waals surface area contributed by atoms with Gasteiger partial charge in [0.15, 0.2) is 0 Å². The molecule has 1 aromatic rings. The lowest BCUT2D eigenvalue weighted by molar-refractivity contribution is -0.155. The highest BCUT2D eigenvalue weighted by Crippen LogP contribution is 2.19. The van der Waals surface area contributed by atoms with Gasteiger partial charge in [-0.25, -0.2) is 4.79 Å². The quantitative estimate of drug-likeness (QED) is 0.682. The Bertz CT molecular complexity index is 519. The van der Waals surface area contributed by atoms with E-state index in [0.29, 0.717) is 18.7 Å². The van der Waals surface area contributed by atoms with Crippen LogP contribution in [0.1, 0.15) is 57.1 Å². The molecule has 1 rings (SSSR count). The molecule has 1 heterocycles. The van der Waals surface area contributed by atoms with Crippen LogP contribution in [0.5, 0.6) is 0 Å². The molecular formula is C16H26N2O5. The number of rotatable bonds is 8. The van der Waals surface area contributed by atoms with Crippen LogP contribution >= 0.6 is 0 Å². The van der Waals surface area contributed by atoms with Crippen LogP contribution < -0.4 is 0 Å². The van der Waals surface area contributed by atoms with Crippen LogP contribution in [0.25, 0.3) is 0 Å². The molecular weight excluding hydrogens is 300 g/mol. The first-order valence-corrected chi connectivity index (χ1v) is 7.70. The lowest BCUT2D eigenvalue weighted by Gasteiger charge is -2.22. The third-order valence-electron chi connectivity index (χ3n) is 2.96. The second-order valence-corrected chi connectivity index (χ2v) is 6.12.